The van der Waals surface area contributed by atoms with Crippen LogP contribution in [0.3, 0.4) is 0 Å². The van der Waals surface area contributed by atoms with Crippen molar-refractivity contribution in [2.24, 2.45) is 5.18 Å². The number of halogens is 1. The molecule has 2 rings (SSSR count). The number of thiophene rings is 1. The lowest BCUT2D eigenvalue weighted by Crippen LogP contribution is -2.01. The van der Waals surface area contributed by atoms with Gasteiger partial charge in [-0.3, -0.25) is 0 Å². The normalized spacial score (nSPS) is 12.2. The third kappa shape index (κ3) is 2.67. The van der Waals surface area contributed by atoms with Crippen molar-refractivity contribution in [1.82, 2.24) is 0 Å². The van der Waals surface area contributed by atoms with Gasteiger partial charge < -0.3 is 0 Å². The predicted octanol–water partition coefficient (Wildman–Crippen LogP) is 4.21. The largest absolute Gasteiger partial charge is 0.152 e. The van der Waals surface area contributed by atoms with Crippen LogP contribution in [-0.4, -0.2) is 6.04 Å². The summed E-state index contributed by atoms with van der Waals surface area (Å²) < 4.78 is 2.55. The summed E-state index contributed by atoms with van der Waals surface area (Å²) in [5.41, 5.74) is 0. The first-order chi connectivity index (χ1) is 8.26. The van der Waals surface area contributed by atoms with Crippen molar-refractivity contribution in [2.75, 3.05) is 0 Å². The fraction of sp³-hybridized carbons (Fsp3) is 0.231. The molecule has 0 radical (unpaired) electrons. The number of nitroso groups, excluding NO2 is 1. The van der Waals surface area contributed by atoms with Crippen LogP contribution in [0, 0.1) is 20.8 Å². The maximum atomic E-state index is 10.4. The van der Waals surface area contributed by atoms with E-state index in [4.69, 9.17) is 6.42 Å². The Morgan fingerprint density at radius 1 is 1.47 bits per heavy atom. The molecule has 0 fully saturated rings. The van der Waals surface area contributed by atoms with Crippen LogP contribution < -0.4 is 0 Å². The topological polar surface area (TPSA) is 29.4 Å². The minimum Gasteiger partial charge on any atom is -0.149 e. The Balaban J connectivity index is 2.22. The number of fused-ring (bicyclic) bond motifs is 1. The molecule has 2 nitrogen and oxygen atoms in total. The Morgan fingerprint density at radius 3 is 2.88 bits per heavy atom. The van der Waals surface area contributed by atoms with E-state index in [9.17, 15) is 4.91 Å². The molecule has 1 aromatic carbocycles. The summed E-state index contributed by atoms with van der Waals surface area (Å²) in [5.74, 6) is 2.40. The number of hydrogen-bond acceptors (Lipinski definition) is 3. The van der Waals surface area contributed by atoms with Gasteiger partial charge in [-0.25, -0.2) is 0 Å². The molecule has 4 heteroatoms. The van der Waals surface area contributed by atoms with Gasteiger partial charge in [0.15, 0.2) is 6.04 Å². The van der Waals surface area contributed by atoms with Gasteiger partial charge in [0.25, 0.3) is 0 Å². The summed E-state index contributed by atoms with van der Waals surface area (Å²) in [6.45, 7) is 0. The lowest BCUT2D eigenvalue weighted by molar-refractivity contribution is 0.741. The van der Waals surface area contributed by atoms with Gasteiger partial charge in [-0.05, 0) is 41.5 Å². The molecule has 0 N–H and O–H groups in total. The lowest BCUT2D eigenvalue weighted by Gasteiger charge is -2.00. The monoisotopic (exact) mass is 355 g/mol. The van der Waals surface area contributed by atoms with Gasteiger partial charge in [0.05, 0.1) is 0 Å². The number of aryl methyl sites for hydroxylation is 1. The number of nitrogens with zero attached hydrogens (tertiary/aromatic N) is 1. The van der Waals surface area contributed by atoms with E-state index in [1.54, 1.807) is 11.3 Å². The van der Waals surface area contributed by atoms with Gasteiger partial charge in [-0.2, -0.15) is 0 Å². The maximum absolute atomic E-state index is 10.4. The molecule has 0 aliphatic heterocycles. The molecule has 2 aromatic rings. The summed E-state index contributed by atoms with van der Waals surface area (Å²) in [7, 11) is 0. The predicted molar refractivity (Wildman–Crippen MR) is 81.3 cm³/mol. The Labute approximate surface area is 118 Å². The van der Waals surface area contributed by atoms with Crippen LogP contribution in [0.25, 0.3) is 10.1 Å². The molecule has 0 saturated carbocycles. The Morgan fingerprint density at radius 2 is 2.24 bits per heavy atom. The van der Waals surface area contributed by atoms with E-state index in [-0.39, 0.29) is 0 Å². The van der Waals surface area contributed by atoms with Crippen molar-refractivity contribution in [2.45, 2.75) is 18.9 Å². The first-order valence-electron chi connectivity index (χ1n) is 5.20. The molecular weight excluding hydrogens is 345 g/mol. The highest BCUT2D eigenvalue weighted by Gasteiger charge is 2.11. The van der Waals surface area contributed by atoms with E-state index in [1.165, 1.54) is 18.5 Å². The van der Waals surface area contributed by atoms with Gasteiger partial charge in [0, 0.05) is 18.5 Å². The van der Waals surface area contributed by atoms with Crippen LogP contribution in [0.2, 0.25) is 0 Å². The second-order valence-corrected chi connectivity index (χ2v) is 5.88. The highest BCUT2D eigenvalue weighted by atomic mass is 127. The zero-order valence-electron chi connectivity index (χ0n) is 9.02. The van der Waals surface area contributed by atoms with Crippen LogP contribution in [0.15, 0.2) is 29.4 Å². The Bertz CT molecular complexity index is 585. The summed E-state index contributed by atoms with van der Waals surface area (Å²) in [6.07, 6.45) is 6.66. The molecule has 0 bridgehead atoms. The fourth-order valence-electron chi connectivity index (χ4n) is 1.66. The summed E-state index contributed by atoms with van der Waals surface area (Å²) in [6, 6.07) is 7.81. The van der Waals surface area contributed by atoms with Crippen LogP contribution in [0.5, 0.6) is 0 Å². The number of benzene rings is 1. The van der Waals surface area contributed by atoms with E-state index in [1.807, 2.05) is 12.1 Å². The SMILES string of the molecule is C#CC(CCc1sc2ccccc2c1I)N=O. The maximum Gasteiger partial charge on any atom is 0.152 e. The van der Waals surface area contributed by atoms with Crippen molar-refractivity contribution >= 4 is 44.0 Å². The molecule has 86 valence electrons. The average molecular weight is 355 g/mol. The zero-order chi connectivity index (χ0) is 12.3. The van der Waals surface area contributed by atoms with Crippen molar-refractivity contribution in [3.8, 4) is 12.3 Å². The highest BCUT2D eigenvalue weighted by molar-refractivity contribution is 14.1. The molecule has 1 heterocycles. The molecule has 0 spiro atoms. The van der Waals surface area contributed by atoms with Crippen LogP contribution in [0.4, 0.5) is 0 Å². The van der Waals surface area contributed by atoms with Gasteiger partial charge in [-0.15, -0.1) is 22.7 Å². The first kappa shape index (κ1) is 12.5. The summed E-state index contributed by atoms with van der Waals surface area (Å²) in [5, 5.41) is 4.20. The van der Waals surface area contributed by atoms with E-state index in [0.29, 0.717) is 6.42 Å². The third-order valence-electron chi connectivity index (χ3n) is 2.57. The molecule has 0 aliphatic rings. The summed E-state index contributed by atoms with van der Waals surface area (Å²) >= 11 is 4.12. The number of hydrogen-bond donors (Lipinski definition) is 0. The molecule has 1 atom stereocenters. The third-order valence-corrected chi connectivity index (χ3v) is 5.39. The van der Waals surface area contributed by atoms with Crippen molar-refractivity contribution in [3.05, 3.63) is 37.6 Å². The van der Waals surface area contributed by atoms with Crippen LogP contribution in [-0.2, 0) is 6.42 Å². The van der Waals surface area contributed by atoms with E-state index < -0.39 is 6.04 Å². The number of terminal acetylenes is 1. The summed E-state index contributed by atoms with van der Waals surface area (Å²) in [4.78, 5) is 11.7. The van der Waals surface area contributed by atoms with E-state index in [2.05, 4.69) is 45.8 Å². The van der Waals surface area contributed by atoms with Crippen LogP contribution in [0.1, 0.15) is 11.3 Å². The van der Waals surface area contributed by atoms with Gasteiger partial charge >= 0.3 is 0 Å². The molecule has 1 aromatic heterocycles. The second kappa shape index (κ2) is 5.61. The van der Waals surface area contributed by atoms with Gasteiger partial charge in [0.1, 0.15) is 0 Å². The molecule has 17 heavy (non-hydrogen) atoms. The second-order valence-electron chi connectivity index (χ2n) is 3.66. The highest BCUT2D eigenvalue weighted by Crippen LogP contribution is 2.33. The number of rotatable bonds is 4. The zero-order valence-corrected chi connectivity index (χ0v) is 12.0. The van der Waals surface area contributed by atoms with Gasteiger partial charge in [-0.1, -0.05) is 29.3 Å². The molecule has 0 aliphatic carbocycles. The van der Waals surface area contributed by atoms with Crippen molar-refractivity contribution in [3.63, 3.8) is 0 Å². The molecular formula is C13H10INOS. The minimum absolute atomic E-state index is 0.504. The van der Waals surface area contributed by atoms with E-state index in [0.717, 1.165) is 6.42 Å². The lowest BCUT2D eigenvalue weighted by atomic mass is 10.1. The van der Waals surface area contributed by atoms with Gasteiger partial charge in [0.2, 0.25) is 0 Å². The van der Waals surface area contributed by atoms with E-state index >= 15 is 0 Å². The standard InChI is InChI=1S/C13H10INOS/c1-2-9(15-16)7-8-12-13(14)10-5-3-4-6-11(10)17-12/h1,3-6,9H,7-8H2. The smallest absolute Gasteiger partial charge is 0.149 e. The van der Waals surface area contributed by atoms with Crippen molar-refractivity contribution < 1.29 is 0 Å². The Hall–Kier alpha value is -0.930. The molecule has 0 saturated heterocycles. The Kier molecular flexibility index (Phi) is 4.13. The first-order valence-corrected chi connectivity index (χ1v) is 7.10. The average Bonchev–Trinajstić information content (AvgIpc) is 2.68. The van der Waals surface area contributed by atoms with Crippen molar-refractivity contribution in [1.29, 1.82) is 0 Å². The minimum atomic E-state index is -0.504. The molecule has 0 amide bonds. The fourth-order valence-corrected chi connectivity index (χ4v) is 4.02. The van der Waals surface area contributed by atoms with Crippen LogP contribution >= 0.6 is 33.9 Å². The quantitative estimate of drug-likeness (QED) is 0.459. The molecule has 1 unspecified atom stereocenters.